The molecule has 1 amide bonds. The Bertz CT molecular complexity index is 862. The van der Waals surface area contributed by atoms with Gasteiger partial charge in [-0.2, -0.15) is 13.2 Å². The zero-order chi connectivity index (χ0) is 19.8. The van der Waals surface area contributed by atoms with Crippen LogP contribution in [-0.4, -0.2) is 24.0 Å². The van der Waals surface area contributed by atoms with Gasteiger partial charge in [0.05, 0.1) is 11.1 Å². The maximum absolute atomic E-state index is 12.8. The van der Waals surface area contributed by atoms with Crippen molar-refractivity contribution >= 4 is 17.6 Å². The van der Waals surface area contributed by atoms with Crippen molar-refractivity contribution in [3.05, 3.63) is 65.2 Å². The molecule has 0 unspecified atom stereocenters. The molecule has 2 aromatic rings. The lowest BCUT2D eigenvalue weighted by molar-refractivity contribution is -0.137. The molecule has 4 nitrogen and oxygen atoms in total. The van der Waals surface area contributed by atoms with E-state index in [2.05, 4.69) is 0 Å². The van der Waals surface area contributed by atoms with Crippen LogP contribution >= 0.6 is 0 Å². The molecule has 2 aromatic carbocycles. The van der Waals surface area contributed by atoms with Crippen LogP contribution in [0.2, 0.25) is 0 Å². The number of halogens is 3. The highest BCUT2D eigenvalue weighted by molar-refractivity contribution is 6.00. The zero-order valence-corrected chi connectivity index (χ0v) is 14.8. The van der Waals surface area contributed by atoms with Gasteiger partial charge in [0.15, 0.2) is 6.10 Å². The minimum Gasteiger partial charge on any atom is -0.449 e. The third-order valence-electron chi connectivity index (χ3n) is 4.52. The molecule has 0 bridgehead atoms. The number of benzene rings is 2. The Morgan fingerprint density at radius 3 is 2.37 bits per heavy atom. The van der Waals surface area contributed by atoms with Gasteiger partial charge in [0.2, 0.25) is 0 Å². The molecule has 1 aliphatic rings. The Balaban J connectivity index is 1.71. The summed E-state index contributed by atoms with van der Waals surface area (Å²) in [5.41, 5.74) is 0.926. The summed E-state index contributed by atoms with van der Waals surface area (Å²) in [4.78, 5) is 26.6. The third-order valence-corrected chi connectivity index (χ3v) is 4.52. The van der Waals surface area contributed by atoms with Crippen molar-refractivity contribution in [2.24, 2.45) is 0 Å². The van der Waals surface area contributed by atoms with Crippen LogP contribution in [0.3, 0.4) is 0 Å². The lowest BCUT2D eigenvalue weighted by Crippen LogP contribution is -2.43. The van der Waals surface area contributed by atoms with Crippen LogP contribution in [0.15, 0.2) is 48.5 Å². The topological polar surface area (TPSA) is 46.6 Å². The van der Waals surface area contributed by atoms with Gasteiger partial charge in [0.1, 0.15) is 0 Å². The number of para-hydroxylation sites is 1. The first-order chi connectivity index (χ1) is 12.7. The molecular formula is C20H18F3NO3. The maximum Gasteiger partial charge on any atom is 0.416 e. The Morgan fingerprint density at radius 2 is 1.74 bits per heavy atom. The van der Waals surface area contributed by atoms with Crippen molar-refractivity contribution in [3.63, 3.8) is 0 Å². The number of carbonyl (C=O) groups excluding carboxylic acids is 2. The van der Waals surface area contributed by atoms with E-state index in [9.17, 15) is 22.8 Å². The maximum atomic E-state index is 12.8. The van der Waals surface area contributed by atoms with Gasteiger partial charge in [-0.25, -0.2) is 4.79 Å². The summed E-state index contributed by atoms with van der Waals surface area (Å²) >= 11 is 0. The summed E-state index contributed by atoms with van der Waals surface area (Å²) in [5.74, 6) is -1.21. The van der Waals surface area contributed by atoms with E-state index >= 15 is 0 Å². The van der Waals surface area contributed by atoms with Gasteiger partial charge >= 0.3 is 12.1 Å². The van der Waals surface area contributed by atoms with Crippen LogP contribution in [0, 0.1) is 0 Å². The molecule has 0 spiro atoms. The Kier molecular flexibility index (Phi) is 4.95. The van der Waals surface area contributed by atoms with Gasteiger partial charge in [-0.05, 0) is 56.2 Å². The van der Waals surface area contributed by atoms with Crippen LogP contribution in [-0.2, 0) is 22.1 Å². The van der Waals surface area contributed by atoms with Gasteiger partial charge in [0, 0.05) is 11.7 Å². The highest BCUT2D eigenvalue weighted by Gasteiger charge is 2.35. The van der Waals surface area contributed by atoms with Crippen LogP contribution in [0.5, 0.6) is 0 Å². The molecule has 0 fully saturated rings. The average Bonchev–Trinajstić information content (AvgIpc) is 2.96. The number of alkyl halides is 3. The van der Waals surface area contributed by atoms with E-state index in [0.29, 0.717) is 6.42 Å². The summed E-state index contributed by atoms with van der Waals surface area (Å²) in [5, 5.41) is 0. The fourth-order valence-electron chi connectivity index (χ4n) is 3.17. The SMILES string of the molecule is C[C@H](OC(=O)c1ccc(C(F)(F)F)cc1)C(=O)N1c2ccccc2C[C@H]1C. The summed E-state index contributed by atoms with van der Waals surface area (Å²) < 4.78 is 43.0. The van der Waals surface area contributed by atoms with Crippen LogP contribution in [0.1, 0.15) is 35.3 Å². The van der Waals surface area contributed by atoms with E-state index < -0.39 is 23.8 Å². The van der Waals surface area contributed by atoms with Gasteiger partial charge in [0.25, 0.3) is 5.91 Å². The van der Waals surface area contributed by atoms with E-state index in [1.165, 1.54) is 6.92 Å². The van der Waals surface area contributed by atoms with Crippen molar-refractivity contribution in [2.75, 3.05) is 4.90 Å². The van der Waals surface area contributed by atoms with Crippen molar-refractivity contribution in [1.29, 1.82) is 0 Å². The molecule has 142 valence electrons. The molecular weight excluding hydrogens is 359 g/mol. The van der Waals surface area contributed by atoms with E-state index in [1.54, 1.807) is 4.90 Å². The molecule has 27 heavy (non-hydrogen) atoms. The fraction of sp³-hybridized carbons (Fsp3) is 0.300. The number of anilines is 1. The fourth-order valence-corrected chi connectivity index (χ4v) is 3.17. The number of hydrogen-bond donors (Lipinski definition) is 0. The predicted octanol–water partition coefficient (Wildman–Crippen LogP) is 4.23. The van der Waals surface area contributed by atoms with Crippen LogP contribution in [0.4, 0.5) is 18.9 Å². The second kappa shape index (κ2) is 7.06. The molecule has 0 saturated carbocycles. The summed E-state index contributed by atoms with van der Waals surface area (Å²) in [7, 11) is 0. The second-order valence-corrected chi connectivity index (χ2v) is 6.51. The summed E-state index contributed by atoms with van der Waals surface area (Å²) in [6.45, 7) is 3.36. The molecule has 0 aromatic heterocycles. The Hall–Kier alpha value is -2.83. The molecule has 1 aliphatic heterocycles. The number of carbonyl (C=O) groups is 2. The lowest BCUT2D eigenvalue weighted by atomic mass is 10.1. The minimum absolute atomic E-state index is 0.0440. The molecule has 0 saturated heterocycles. The largest absolute Gasteiger partial charge is 0.449 e. The number of rotatable bonds is 3. The smallest absolute Gasteiger partial charge is 0.416 e. The Labute approximate surface area is 154 Å². The molecule has 0 N–H and O–H groups in total. The first-order valence-electron chi connectivity index (χ1n) is 8.47. The van der Waals surface area contributed by atoms with Gasteiger partial charge in [-0.3, -0.25) is 4.79 Å². The standard InChI is InChI=1S/C20H18F3NO3/c1-12-11-15-5-3-4-6-17(15)24(12)18(25)13(2)27-19(26)14-7-9-16(10-8-14)20(21,22)23/h3-10,12-13H,11H2,1-2H3/t12-,13+/m1/s1. The Morgan fingerprint density at radius 1 is 1.11 bits per heavy atom. The normalized spacial score (nSPS) is 17.4. The van der Waals surface area contributed by atoms with E-state index in [1.807, 2.05) is 31.2 Å². The molecule has 1 heterocycles. The predicted molar refractivity (Wildman–Crippen MR) is 93.4 cm³/mol. The van der Waals surface area contributed by atoms with Crippen molar-refractivity contribution in [3.8, 4) is 0 Å². The van der Waals surface area contributed by atoms with Gasteiger partial charge in [-0.1, -0.05) is 18.2 Å². The number of amides is 1. The highest BCUT2D eigenvalue weighted by atomic mass is 19.4. The van der Waals surface area contributed by atoms with Crippen molar-refractivity contribution < 1.29 is 27.5 Å². The van der Waals surface area contributed by atoms with E-state index in [4.69, 9.17) is 4.74 Å². The highest BCUT2D eigenvalue weighted by Crippen LogP contribution is 2.33. The van der Waals surface area contributed by atoms with Gasteiger partial charge < -0.3 is 9.64 Å². The minimum atomic E-state index is -4.48. The quantitative estimate of drug-likeness (QED) is 0.752. The summed E-state index contributed by atoms with van der Waals surface area (Å²) in [6.07, 6.45) is -4.83. The number of esters is 1. The molecule has 3 rings (SSSR count). The van der Waals surface area contributed by atoms with Crippen LogP contribution < -0.4 is 4.90 Å². The number of ether oxygens (including phenoxy) is 1. The van der Waals surface area contributed by atoms with Crippen LogP contribution in [0.25, 0.3) is 0 Å². The third kappa shape index (κ3) is 3.82. The monoisotopic (exact) mass is 377 g/mol. The first-order valence-corrected chi connectivity index (χ1v) is 8.47. The van der Waals surface area contributed by atoms with E-state index in [0.717, 1.165) is 35.5 Å². The van der Waals surface area contributed by atoms with Gasteiger partial charge in [-0.15, -0.1) is 0 Å². The second-order valence-electron chi connectivity index (χ2n) is 6.51. The zero-order valence-electron chi connectivity index (χ0n) is 14.8. The molecule has 0 radical (unpaired) electrons. The van der Waals surface area contributed by atoms with Crippen molar-refractivity contribution in [2.45, 2.75) is 38.6 Å². The number of nitrogens with zero attached hydrogens (tertiary/aromatic N) is 1. The molecule has 7 heteroatoms. The van der Waals surface area contributed by atoms with E-state index in [-0.39, 0.29) is 17.5 Å². The summed E-state index contributed by atoms with van der Waals surface area (Å²) in [6, 6.07) is 11.1. The lowest BCUT2D eigenvalue weighted by Gasteiger charge is -2.26. The average molecular weight is 377 g/mol. The molecule has 0 aliphatic carbocycles. The van der Waals surface area contributed by atoms with Crippen molar-refractivity contribution in [1.82, 2.24) is 0 Å². The first kappa shape index (κ1) is 18.9. The number of hydrogen-bond acceptors (Lipinski definition) is 3. The molecule has 2 atom stereocenters. The number of fused-ring (bicyclic) bond motifs is 1.